The summed E-state index contributed by atoms with van der Waals surface area (Å²) < 4.78 is 0. The molecule has 1 heterocycles. The van der Waals surface area contributed by atoms with Gasteiger partial charge in [-0.25, -0.2) is 9.59 Å². The zero-order chi connectivity index (χ0) is 15.4. The highest BCUT2D eigenvalue weighted by Gasteiger charge is 2.22. The summed E-state index contributed by atoms with van der Waals surface area (Å²) in [6.45, 7) is 3.09. The highest BCUT2D eigenvalue weighted by Crippen LogP contribution is 2.19. The number of carbonyl (C=O) groups excluding carboxylic acids is 1. The number of aliphatic hydroxyl groups is 1. The molecule has 21 heavy (non-hydrogen) atoms. The van der Waals surface area contributed by atoms with Crippen LogP contribution in [0, 0.1) is 12.8 Å². The minimum atomic E-state index is -1.01. The molecule has 1 aromatic rings. The van der Waals surface area contributed by atoms with Crippen molar-refractivity contribution < 1.29 is 19.8 Å². The van der Waals surface area contributed by atoms with E-state index < -0.39 is 5.97 Å². The van der Waals surface area contributed by atoms with Gasteiger partial charge in [0.1, 0.15) is 0 Å². The molecule has 0 radical (unpaired) electrons. The molecule has 0 atom stereocenters. The van der Waals surface area contributed by atoms with Gasteiger partial charge in [0, 0.05) is 25.4 Å². The lowest BCUT2D eigenvalue weighted by atomic mass is 9.98. The van der Waals surface area contributed by atoms with Crippen molar-refractivity contribution in [1.29, 1.82) is 0 Å². The number of nitrogens with one attached hydrogen (secondary N) is 1. The molecule has 0 saturated carbocycles. The number of carboxylic acids is 1. The van der Waals surface area contributed by atoms with Crippen molar-refractivity contribution in [2.75, 3.05) is 25.0 Å². The maximum atomic E-state index is 12.1. The van der Waals surface area contributed by atoms with Crippen LogP contribution in [-0.2, 0) is 0 Å². The molecule has 0 aliphatic carbocycles. The summed E-state index contributed by atoms with van der Waals surface area (Å²) >= 11 is 0. The summed E-state index contributed by atoms with van der Waals surface area (Å²) in [4.78, 5) is 24.9. The molecule has 1 aromatic carbocycles. The van der Waals surface area contributed by atoms with Crippen molar-refractivity contribution in [3.63, 3.8) is 0 Å². The Bertz CT molecular complexity index is 536. The van der Waals surface area contributed by atoms with Gasteiger partial charge in [-0.1, -0.05) is 6.07 Å². The number of nitrogens with zero attached hydrogens (tertiary/aromatic N) is 1. The Labute approximate surface area is 123 Å². The SMILES string of the molecule is Cc1ccc(NC(=O)N2CCC(CO)CC2)cc1C(=O)O. The van der Waals surface area contributed by atoms with Gasteiger partial charge >= 0.3 is 12.0 Å². The molecular weight excluding hydrogens is 272 g/mol. The first-order valence-corrected chi connectivity index (χ1v) is 7.02. The molecule has 0 unspecified atom stereocenters. The van der Waals surface area contributed by atoms with Crippen molar-refractivity contribution in [2.45, 2.75) is 19.8 Å². The molecule has 1 fully saturated rings. The van der Waals surface area contributed by atoms with Crippen LogP contribution in [0.3, 0.4) is 0 Å². The average molecular weight is 292 g/mol. The van der Waals surface area contributed by atoms with Gasteiger partial charge in [-0.05, 0) is 43.4 Å². The quantitative estimate of drug-likeness (QED) is 0.794. The summed E-state index contributed by atoms with van der Waals surface area (Å²) in [6, 6.07) is 4.61. The zero-order valence-corrected chi connectivity index (χ0v) is 12.0. The number of hydrogen-bond donors (Lipinski definition) is 3. The second-order valence-corrected chi connectivity index (χ2v) is 5.38. The monoisotopic (exact) mass is 292 g/mol. The number of rotatable bonds is 3. The van der Waals surface area contributed by atoms with Gasteiger partial charge in [0.15, 0.2) is 0 Å². The highest BCUT2D eigenvalue weighted by atomic mass is 16.4. The van der Waals surface area contributed by atoms with E-state index in [1.165, 1.54) is 6.07 Å². The Balaban J connectivity index is 2.00. The third kappa shape index (κ3) is 3.72. The Hall–Kier alpha value is -2.08. The summed E-state index contributed by atoms with van der Waals surface area (Å²) in [7, 11) is 0. The van der Waals surface area contributed by atoms with Crippen molar-refractivity contribution in [3.05, 3.63) is 29.3 Å². The van der Waals surface area contributed by atoms with E-state index in [0.717, 1.165) is 12.8 Å². The molecule has 3 N–H and O–H groups in total. The molecule has 114 valence electrons. The molecule has 2 amide bonds. The lowest BCUT2D eigenvalue weighted by Crippen LogP contribution is -2.41. The van der Waals surface area contributed by atoms with Gasteiger partial charge in [-0.15, -0.1) is 0 Å². The molecule has 6 nitrogen and oxygen atoms in total. The van der Waals surface area contributed by atoms with E-state index in [-0.39, 0.29) is 24.1 Å². The molecule has 0 aromatic heterocycles. The fourth-order valence-electron chi connectivity index (χ4n) is 2.45. The third-order valence-corrected chi connectivity index (χ3v) is 3.88. The zero-order valence-electron chi connectivity index (χ0n) is 12.0. The standard InChI is InChI=1S/C15H20N2O4/c1-10-2-3-12(8-13(10)14(19)20)16-15(21)17-6-4-11(9-18)5-7-17/h2-3,8,11,18H,4-7,9H2,1H3,(H,16,21)(H,19,20). The van der Waals surface area contributed by atoms with Crippen molar-refractivity contribution in [2.24, 2.45) is 5.92 Å². The van der Waals surface area contributed by atoms with Gasteiger partial charge in [0.2, 0.25) is 0 Å². The minimum absolute atomic E-state index is 0.162. The summed E-state index contributed by atoms with van der Waals surface area (Å²) in [6.07, 6.45) is 1.58. The molecular formula is C15H20N2O4. The average Bonchev–Trinajstić information content (AvgIpc) is 2.49. The minimum Gasteiger partial charge on any atom is -0.478 e. The predicted molar refractivity (Wildman–Crippen MR) is 78.5 cm³/mol. The van der Waals surface area contributed by atoms with Crippen LogP contribution in [0.25, 0.3) is 0 Å². The van der Waals surface area contributed by atoms with Crippen LogP contribution < -0.4 is 5.32 Å². The Kier molecular flexibility index (Phi) is 4.80. The Morgan fingerprint density at radius 3 is 2.57 bits per heavy atom. The number of aryl methyl sites for hydroxylation is 1. The Morgan fingerprint density at radius 1 is 1.33 bits per heavy atom. The second kappa shape index (κ2) is 6.58. The number of anilines is 1. The maximum Gasteiger partial charge on any atom is 0.336 e. The van der Waals surface area contributed by atoms with Crippen molar-refractivity contribution in [1.82, 2.24) is 4.90 Å². The van der Waals surface area contributed by atoms with E-state index in [2.05, 4.69) is 5.32 Å². The summed E-state index contributed by atoms with van der Waals surface area (Å²) in [5, 5.41) is 20.9. The third-order valence-electron chi connectivity index (χ3n) is 3.88. The fraction of sp³-hybridized carbons (Fsp3) is 0.467. The second-order valence-electron chi connectivity index (χ2n) is 5.38. The van der Waals surface area contributed by atoms with E-state index in [1.807, 2.05) is 0 Å². The number of aromatic carboxylic acids is 1. The molecule has 1 aliphatic rings. The first-order chi connectivity index (χ1) is 10.0. The van der Waals surface area contributed by atoms with E-state index >= 15 is 0 Å². The molecule has 1 saturated heterocycles. The normalized spacial score (nSPS) is 15.8. The summed E-state index contributed by atoms with van der Waals surface area (Å²) in [5.74, 6) is -0.737. The van der Waals surface area contributed by atoms with E-state index in [9.17, 15) is 9.59 Å². The number of carbonyl (C=O) groups is 2. The van der Waals surface area contributed by atoms with Crippen LogP contribution in [0.5, 0.6) is 0 Å². The van der Waals surface area contributed by atoms with E-state index in [4.69, 9.17) is 10.2 Å². The number of aliphatic hydroxyl groups excluding tert-OH is 1. The first kappa shape index (κ1) is 15.3. The van der Waals surface area contributed by atoms with Crippen LogP contribution in [0.1, 0.15) is 28.8 Å². The van der Waals surface area contributed by atoms with Gasteiger partial charge in [-0.3, -0.25) is 0 Å². The molecule has 2 rings (SSSR count). The number of hydrogen-bond acceptors (Lipinski definition) is 3. The number of benzene rings is 1. The van der Waals surface area contributed by atoms with Crippen molar-refractivity contribution >= 4 is 17.7 Å². The molecule has 1 aliphatic heterocycles. The largest absolute Gasteiger partial charge is 0.478 e. The van der Waals surface area contributed by atoms with E-state index in [1.54, 1.807) is 24.0 Å². The van der Waals surface area contributed by atoms with Gasteiger partial charge in [0.25, 0.3) is 0 Å². The van der Waals surface area contributed by atoms with Crippen LogP contribution >= 0.6 is 0 Å². The highest BCUT2D eigenvalue weighted by molar-refractivity contribution is 5.94. The number of urea groups is 1. The predicted octanol–water partition coefficient (Wildman–Crippen LogP) is 1.93. The Morgan fingerprint density at radius 2 is 2.00 bits per heavy atom. The number of piperidine rings is 1. The number of amides is 2. The first-order valence-electron chi connectivity index (χ1n) is 7.02. The van der Waals surface area contributed by atoms with Crippen LogP contribution in [0.15, 0.2) is 18.2 Å². The van der Waals surface area contributed by atoms with Crippen LogP contribution in [-0.4, -0.2) is 46.8 Å². The van der Waals surface area contributed by atoms with Crippen molar-refractivity contribution in [3.8, 4) is 0 Å². The molecule has 0 spiro atoms. The van der Waals surface area contributed by atoms with E-state index in [0.29, 0.717) is 24.3 Å². The van der Waals surface area contributed by atoms with Gasteiger partial charge < -0.3 is 20.4 Å². The van der Waals surface area contributed by atoms with Gasteiger partial charge in [0.05, 0.1) is 5.56 Å². The van der Waals surface area contributed by atoms with Crippen LogP contribution in [0.2, 0.25) is 0 Å². The van der Waals surface area contributed by atoms with Crippen LogP contribution in [0.4, 0.5) is 10.5 Å². The molecule has 0 bridgehead atoms. The lowest BCUT2D eigenvalue weighted by molar-refractivity contribution is 0.0696. The number of likely N-dealkylation sites (tertiary alicyclic amines) is 1. The topological polar surface area (TPSA) is 89.9 Å². The fourth-order valence-corrected chi connectivity index (χ4v) is 2.45. The summed E-state index contributed by atoms with van der Waals surface area (Å²) in [5.41, 5.74) is 1.32. The maximum absolute atomic E-state index is 12.1. The van der Waals surface area contributed by atoms with Gasteiger partial charge in [-0.2, -0.15) is 0 Å². The lowest BCUT2D eigenvalue weighted by Gasteiger charge is -2.31. The molecule has 6 heteroatoms. The number of carboxylic acid groups (broad SMARTS) is 1. The smallest absolute Gasteiger partial charge is 0.336 e.